The number of benzene rings is 2. The van der Waals surface area contributed by atoms with Crippen molar-refractivity contribution in [3.05, 3.63) is 65.7 Å². The molecule has 2 aromatic rings. The van der Waals surface area contributed by atoms with Crippen LogP contribution < -0.4 is 4.90 Å². The van der Waals surface area contributed by atoms with E-state index in [0.717, 1.165) is 37.3 Å². The molecule has 2 N–H and O–H groups in total. The van der Waals surface area contributed by atoms with Gasteiger partial charge in [-0.05, 0) is 43.9 Å². The van der Waals surface area contributed by atoms with E-state index in [0.29, 0.717) is 19.3 Å². The van der Waals surface area contributed by atoms with E-state index in [4.69, 9.17) is 24.5 Å². The number of anilines is 1. The quantitative estimate of drug-likeness (QED) is 0.441. The first kappa shape index (κ1) is 28.5. The lowest BCUT2D eigenvalue weighted by molar-refractivity contribution is -0.159. The number of nitrogens with zero attached hydrogens (tertiary/aromatic N) is 2. The highest BCUT2D eigenvalue weighted by molar-refractivity contribution is 6.27. The Kier molecular flexibility index (Phi) is 10.6. The lowest BCUT2D eigenvalue weighted by Gasteiger charge is -2.46. The molecule has 0 saturated carbocycles. The van der Waals surface area contributed by atoms with Crippen LogP contribution in [0.3, 0.4) is 0 Å². The summed E-state index contributed by atoms with van der Waals surface area (Å²) in [4.78, 5) is 48.3. The first-order valence-electron chi connectivity index (χ1n) is 11.8. The highest BCUT2D eigenvalue weighted by atomic mass is 16.5. The van der Waals surface area contributed by atoms with Crippen molar-refractivity contribution in [2.24, 2.45) is 0 Å². The van der Waals surface area contributed by atoms with Crippen LogP contribution in [-0.2, 0) is 30.3 Å². The van der Waals surface area contributed by atoms with E-state index in [2.05, 4.69) is 29.2 Å². The number of carboxylic acid groups (broad SMARTS) is 2. The Morgan fingerprint density at radius 3 is 1.97 bits per heavy atom. The molecule has 3 rings (SSSR count). The zero-order valence-corrected chi connectivity index (χ0v) is 21.0. The third-order valence-electron chi connectivity index (χ3n) is 6.26. The van der Waals surface area contributed by atoms with Gasteiger partial charge in [-0.1, -0.05) is 55.0 Å². The molecular formula is C27H34N2O7. The Labute approximate surface area is 211 Å². The normalized spacial score (nSPS) is 14.6. The molecule has 0 aliphatic carbocycles. The smallest absolute Gasteiger partial charge is 0.414 e. The van der Waals surface area contributed by atoms with Gasteiger partial charge in [0, 0.05) is 31.7 Å². The summed E-state index contributed by atoms with van der Waals surface area (Å²) >= 11 is 0. The molecule has 1 amide bonds. The van der Waals surface area contributed by atoms with Crippen molar-refractivity contribution in [3.8, 4) is 0 Å². The van der Waals surface area contributed by atoms with Crippen LogP contribution in [-0.4, -0.2) is 71.2 Å². The summed E-state index contributed by atoms with van der Waals surface area (Å²) < 4.78 is 5.23. The van der Waals surface area contributed by atoms with E-state index in [9.17, 15) is 9.59 Å². The Morgan fingerprint density at radius 2 is 1.50 bits per heavy atom. The number of rotatable bonds is 7. The number of esters is 1. The maximum Gasteiger partial charge on any atom is 0.414 e. The lowest BCUT2D eigenvalue weighted by Crippen LogP contribution is -2.62. The van der Waals surface area contributed by atoms with Crippen LogP contribution in [0.5, 0.6) is 0 Å². The molecule has 194 valence electrons. The molecule has 36 heavy (non-hydrogen) atoms. The molecule has 0 atom stereocenters. The number of hydrogen-bond donors (Lipinski definition) is 2. The Hall–Kier alpha value is -3.72. The predicted molar refractivity (Wildman–Crippen MR) is 135 cm³/mol. The highest BCUT2D eigenvalue weighted by Gasteiger charge is 2.49. The third-order valence-corrected chi connectivity index (χ3v) is 6.26. The van der Waals surface area contributed by atoms with E-state index in [1.165, 1.54) is 12.7 Å². The second-order valence-corrected chi connectivity index (χ2v) is 8.63. The standard InChI is InChI=1S/C25H32N2O3.C2H2O4/c1-4-23(28)27(22-12-10-20(2)11-13-22)25(24(29)30-3)15-18-26(19-16-25)17-14-21-8-6-5-7-9-21;3-1(4)2(5)6/h5-13H,4,14-19H2,1-3H3;(H,3,4)(H,5,6). The molecule has 9 nitrogen and oxygen atoms in total. The number of piperidine rings is 1. The summed E-state index contributed by atoms with van der Waals surface area (Å²) in [7, 11) is 1.41. The van der Waals surface area contributed by atoms with E-state index < -0.39 is 17.5 Å². The van der Waals surface area contributed by atoms with Gasteiger partial charge in [0.25, 0.3) is 0 Å². The Morgan fingerprint density at radius 1 is 0.944 bits per heavy atom. The fourth-order valence-electron chi connectivity index (χ4n) is 4.27. The molecule has 9 heteroatoms. The van der Waals surface area contributed by atoms with Crippen LogP contribution in [0.1, 0.15) is 37.3 Å². The molecule has 1 saturated heterocycles. The third kappa shape index (κ3) is 7.39. The molecule has 0 aromatic heterocycles. The Bertz CT molecular complexity index is 1020. The zero-order chi connectivity index (χ0) is 26.7. The fraction of sp³-hybridized carbons (Fsp3) is 0.407. The van der Waals surface area contributed by atoms with Crippen molar-refractivity contribution in [3.63, 3.8) is 0 Å². The topological polar surface area (TPSA) is 124 Å². The highest BCUT2D eigenvalue weighted by Crippen LogP contribution is 2.35. The second kappa shape index (κ2) is 13.4. The minimum Gasteiger partial charge on any atom is -0.473 e. The summed E-state index contributed by atoms with van der Waals surface area (Å²) in [5.41, 5.74) is 2.23. The summed E-state index contributed by atoms with van der Waals surface area (Å²) in [6.07, 6.45) is 2.44. The zero-order valence-electron chi connectivity index (χ0n) is 21.0. The summed E-state index contributed by atoms with van der Waals surface area (Å²) in [6.45, 7) is 6.29. The van der Waals surface area contributed by atoms with Gasteiger partial charge in [-0.25, -0.2) is 14.4 Å². The number of carbonyl (C=O) groups excluding carboxylic acids is 2. The number of amides is 1. The summed E-state index contributed by atoms with van der Waals surface area (Å²) in [5, 5.41) is 14.8. The molecule has 1 heterocycles. The minimum atomic E-state index is -1.82. The lowest BCUT2D eigenvalue weighted by atomic mass is 9.84. The predicted octanol–water partition coefficient (Wildman–Crippen LogP) is 3.14. The van der Waals surface area contributed by atoms with Crippen LogP contribution in [0.2, 0.25) is 0 Å². The van der Waals surface area contributed by atoms with E-state index in [-0.39, 0.29) is 11.9 Å². The van der Waals surface area contributed by atoms with Crippen molar-refractivity contribution in [1.29, 1.82) is 0 Å². The van der Waals surface area contributed by atoms with Gasteiger partial charge in [-0.3, -0.25) is 9.69 Å². The van der Waals surface area contributed by atoms with Gasteiger partial charge in [0.15, 0.2) is 0 Å². The molecule has 0 bridgehead atoms. The average molecular weight is 499 g/mol. The number of carbonyl (C=O) groups is 4. The molecule has 1 aliphatic heterocycles. The molecule has 1 aliphatic rings. The van der Waals surface area contributed by atoms with Crippen LogP contribution in [0, 0.1) is 6.92 Å². The van der Waals surface area contributed by atoms with Crippen molar-refractivity contribution < 1.29 is 34.1 Å². The van der Waals surface area contributed by atoms with Gasteiger partial charge in [0.05, 0.1) is 7.11 Å². The largest absolute Gasteiger partial charge is 0.473 e. The average Bonchev–Trinajstić information content (AvgIpc) is 2.89. The number of ether oxygens (including phenoxy) is 1. The number of likely N-dealkylation sites (tertiary alicyclic amines) is 1. The van der Waals surface area contributed by atoms with Crippen molar-refractivity contribution in [1.82, 2.24) is 4.90 Å². The van der Waals surface area contributed by atoms with Crippen LogP contribution >= 0.6 is 0 Å². The number of aliphatic carboxylic acids is 2. The van der Waals surface area contributed by atoms with Crippen molar-refractivity contribution in [2.75, 3.05) is 31.6 Å². The first-order valence-corrected chi connectivity index (χ1v) is 11.8. The van der Waals surface area contributed by atoms with Crippen LogP contribution in [0.25, 0.3) is 0 Å². The molecule has 2 aromatic carbocycles. The maximum atomic E-state index is 13.0. The van der Waals surface area contributed by atoms with Gasteiger partial charge in [0.2, 0.25) is 5.91 Å². The van der Waals surface area contributed by atoms with E-state index in [1.807, 2.05) is 44.2 Å². The molecule has 0 radical (unpaired) electrons. The molecule has 0 spiro atoms. The summed E-state index contributed by atoms with van der Waals surface area (Å²) in [5.74, 6) is -4.03. The monoisotopic (exact) mass is 498 g/mol. The molecule has 0 unspecified atom stereocenters. The second-order valence-electron chi connectivity index (χ2n) is 8.63. The van der Waals surface area contributed by atoms with Gasteiger partial charge < -0.3 is 19.8 Å². The summed E-state index contributed by atoms with van der Waals surface area (Å²) in [6, 6.07) is 18.2. The van der Waals surface area contributed by atoms with Crippen LogP contribution in [0.15, 0.2) is 54.6 Å². The van der Waals surface area contributed by atoms with E-state index in [1.54, 1.807) is 4.90 Å². The van der Waals surface area contributed by atoms with Gasteiger partial charge >= 0.3 is 17.9 Å². The first-order chi connectivity index (χ1) is 17.1. The Balaban J connectivity index is 0.000000678. The SMILES string of the molecule is CCC(=O)N(c1ccc(C)cc1)C1(C(=O)OC)CCN(CCc2ccccc2)CC1.O=C(O)C(=O)O. The maximum absolute atomic E-state index is 13.0. The molecule has 1 fully saturated rings. The number of hydrogen-bond acceptors (Lipinski definition) is 6. The van der Waals surface area contributed by atoms with Crippen molar-refractivity contribution >= 4 is 29.5 Å². The molecular weight excluding hydrogens is 464 g/mol. The minimum absolute atomic E-state index is 0.0537. The number of carboxylic acids is 2. The number of methoxy groups -OCH3 is 1. The van der Waals surface area contributed by atoms with Crippen molar-refractivity contribution in [2.45, 2.75) is 45.1 Å². The van der Waals surface area contributed by atoms with E-state index >= 15 is 0 Å². The van der Waals surface area contributed by atoms with Gasteiger partial charge in [-0.2, -0.15) is 0 Å². The fourth-order valence-corrected chi connectivity index (χ4v) is 4.27. The van der Waals surface area contributed by atoms with Crippen LogP contribution in [0.4, 0.5) is 5.69 Å². The van der Waals surface area contributed by atoms with Gasteiger partial charge in [0.1, 0.15) is 5.54 Å². The number of aryl methyl sites for hydroxylation is 1. The van der Waals surface area contributed by atoms with Gasteiger partial charge in [-0.15, -0.1) is 0 Å².